The van der Waals surface area contributed by atoms with Crippen molar-refractivity contribution in [3.8, 4) is 0 Å². The van der Waals surface area contributed by atoms with Crippen LogP contribution in [0.2, 0.25) is 0 Å². The number of azide groups is 1. The van der Waals surface area contributed by atoms with Crippen LogP contribution in [-0.2, 0) is 4.74 Å². The molecule has 4 N–H and O–H groups in total. The number of H-pyrrole nitrogens is 1. The van der Waals surface area contributed by atoms with Crippen LogP contribution in [0.1, 0.15) is 30.9 Å². The third-order valence-electron chi connectivity index (χ3n) is 4.41. The van der Waals surface area contributed by atoms with Gasteiger partial charge in [-0.15, -0.1) is 0 Å². The van der Waals surface area contributed by atoms with Gasteiger partial charge >= 0.3 is 11.6 Å². The molecule has 1 saturated heterocycles. The third-order valence-corrected chi connectivity index (χ3v) is 4.41. The lowest BCUT2D eigenvalue weighted by molar-refractivity contribution is -0.114. The molecule has 1 aromatic rings. The minimum absolute atomic E-state index is 0.203. The monoisotopic (exact) mass is 366 g/mol. The van der Waals surface area contributed by atoms with Gasteiger partial charge in [0.05, 0.1) is 0 Å². The van der Waals surface area contributed by atoms with Gasteiger partial charge in [-0.2, -0.15) is 0 Å². The van der Waals surface area contributed by atoms with Crippen molar-refractivity contribution in [2.75, 3.05) is 5.73 Å². The maximum absolute atomic E-state index is 14.8. The summed E-state index contributed by atoms with van der Waals surface area (Å²) in [6.45, 7) is 0. The molecule has 3 atom stereocenters. The number of ether oxygens (including phenoxy) is 1. The number of rotatable bonds is 4. The molecule has 1 aromatic heterocycles. The van der Waals surface area contributed by atoms with Crippen molar-refractivity contribution in [2.24, 2.45) is 5.11 Å². The number of hydrogen-bond donors (Lipinski definition) is 3. The van der Waals surface area contributed by atoms with Crippen LogP contribution in [0.3, 0.4) is 0 Å². The van der Waals surface area contributed by atoms with Crippen molar-refractivity contribution in [1.29, 1.82) is 0 Å². The molecular formula is C15H16F2N6O3. The molecule has 0 radical (unpaired) electrons. The highest BCUT2D eigenvalue weighted by Crippen LogP contribution is 2.53. The molecule has 1 aliphatic carbocycles. The molecule has 0 aromatic carbocycles. The molecule has 0 unspecified atom stereocenters. The SMILES string of the molecule is [N-]=[N+]=N[C@]1(CC2=CC=CCC2)O[C@H](c2cnc(=O)[nH]c2N)C(F)(F)[C@@H]1O. The van der Waals surface area contributed by atoms with Crippen LogP contribution in [0.4, 0.5) is 14.6 Å². The molecule has 26 heavy (non-hydrogen) atoms. The van der Waals surface area contributed by atoms with Crippen LogP contribution in [-0.4, -0.2) is 32.8 Å². The van der Waals surface area contributed by atoms with Crippen molar-refractivity contribution in [3.05, 3.63) is 56.5 Å². The first kappa shape index (κ1) is 18.1. The molecule has 0 spiro atoms. The van der Waals surface area contributed by atoms with E-state index in [9.17, 15) is 18.7 Å². The summed E-state index contributed by atoms with van der Waals surface area (Å²) >= 11 is 0. The van der Waals surface area contributed by atoms with Gasteiger partial charge in [0.1, 0.15) is 5.82 Å². The molecule has 9 nitrogen and oxygen atoms in total. The molecule has 2 heterocycles. The van der Waals surface area contributed by atoms with Gasteiger partial charge in [0.25, 0.3) is 0 Å². The first-order valence-corrected chi connectivity index (χ1v) is 7.79. The van der Waals surface area contributed by atoms with Gasteiger partial charge in [-0.25, -0.2) is 18.6 Å². The zero-order chi connectivity index (χ0) is 18.9. The Kier molecular flexibility index (Phi) is 4.53. The first-order chi connectivity index (χ1) is 12.3. The van der Waals surface area contributed by atoms with E-state index in [2.05, 4.69) is 20.0 Å². The highest BCUT2D eigenvalue weighted by Gasteiger charge is 2.66. The summed E-state index contributed by atoms with van der Waals surface area (Å²) in [7, 11) is 0. The van der Waals surface area contributed by atoms with Gasteiger partial charge in [-0.1, -0.05) is 28.9 Å². The first-order valence-electron chi connectivity index (χ1n) is 7.79. The molecule has 2 aliphatic rings. The number of nitrogens with two attached hydrogens (primary N) is 1. The van der Waals surface area contributed by atoms with Crippen molar-refractivity contribution in [2.45, 2.75) is 43.1 Å². The number of halogens is 2. The Balaban J connectivity index is 2.04. The summed E-state index contributed by atoms with van der Waals surface area (Å²) in [5, 5.41) is 13.7. The lowest BCUT2D eigenvalue weighted by atomic mass is 9.91. The van der Waals surface area contributed by atoms with Crippen LogP contribution < -0.4 is 11.4 Å². The number of nitrogens with zero attached hydrogens (tertiary/aromatic N) is 4. The van der Waals surface area contributed by atoms with Gasteiger partial charge in [0.2, 0.25) is 0 Å². The van der Waals surface area contributed by atoms with Crippen LogP contribution in [0.5, 0.6) is 0 Å². The van der Waals surface area contributed by atoms with E-state index in [1.165, 1.54) is 0 Å². The summed E-state index contributed by atoms with van der Waals surface area (Å²) in [5.41, 5.74) is 11.8. The van der Waals surface area contributed by atoms with E-state index in [-0.39, 0.29) is 17.8 Å². The number of allylic oxidation sites excluding steroid dienone is 3. The van der Waals surface area contributed by atoms with Crippen molar-refractivity contribution in [3.63, 3.8) is 0 Å². The molecule has 3 rings (SSSR count). The fourth-order valence-electron chi connectivity index (χ4n) is 3.14. The zero-order valence-corrected chi connectivity index (χ0v) is 13.5. The Morgan fingerprint density at radius 3 is 2.96 bits per heavy atom. The lowest BCUT2D eigenvalue weighted by Gasteiger charge is -2.28. The maximum Gasteiger partial charge on any atom is 0.346 e. The summed E-state index contributed by atoms with van der Waals surface area (Å²) < 4.78 is 34.9. The van der Waals surface area contributed by atoms with Gasteiger partial charge in [-0.3, -0.25) is 4.98 Å². The van der Waals surface area contributed by atoms with E-state index in [1.807, 2.05) is 6.08 Å². The Bertz CT molecular complexity index is 876. The minimum Gasteiger partial charge on any atom is -0.385 e. The molecule has 0 bridgehead atoms. The van der Waals surface area contributed by atoms with Crippen LogP contribution >= 0.6 is 0 Å². The van der Waals surface area contributed by atoms with Gasteiger partial charge in [0, 0.05) is 23.1 Å². The number of aliphatic hydroxyl groups is 1. The van der Waals surface area contributed by atoms with Gasteiger partial charge in [0.15, 0.2) is 17.9 Å². The second kappa shape index (κ2) is 6.52. The third kappa shape index (κ3) is 2.96. The Hall–Kier alpha value is -2.75. The van der Waals surface area contributed by atoms with E-state index in [0.29, 0.717) is 18.4 Å². The topological polar surface area (TPSA) is 150 Å². The molecule has 1 fully saturated rings. The number of nitrogen functional groups attached to an aromatic ring is 1. The average molecular weight is 366 g/mol. The maximum atomic E-state index is 14.8. The summed E-state index contributed by atoms with van der Waals surface area (Å²) in [5.74, 6) is -4.19. The molecular weight excluding hydrogens is 350 g/mol. The number of alkyl halides is 2. The number of aliphatic hydroxyl groups excluding tert-OH is 1. The number of aromatic nitrogens is 2. The Morgan fingerprint density at radius 1 is 1.58 bits per heavy atom. The lowest BCUT2D eigenvalue weighted by Crippen LogP contribution is -2.45. The van der Waals surface area contributed by atoms with E-state index in [0.717, 1.165) is 6.20 Å². The van der Waals surface area contributed by atoms with Crippen LogP contribution in [0.25, 0.3) is 10.4 Å². The van der Waals surface area contributed by atoms with Crippen molar-refractivity contribution in [1.82, 2.24) is 9.97 Å². The number of nitrogens with one attached hydrogen (secondary N) is 1. The molecule has 138 valence electrons. The van der Waals surface area contributed by atoms with Crippen molar-refractivity contribution >= 4 is 5.82 Å². The summed E-state index contributed by atoms with van der Waals surface area (Å²) in [6.07, 6.45) is 2.83. The van der Waals surface area contributed by atoms with E-state index in [1.54, 1.807) is 12.2 Å². The van der Waals surface area contributed by atoms with E-state index in [4.69, 9.17) is 16.0 Å². The normalized spacial score (nSPS) is 29.9. The summed E-state index contributed by atoms with van der Waals surface area (Å²) in [4.78, 5) is 19.2. The number of hydrogen-bond acceptors (Lipinski definition) is 6. The molecule has 0 amide bonds. The van der Waals surface area contributed by atoms with Crippen LogP contribution in [0.15, 0.2) is 39.9 Å². The fraction of sp³-hybridized carbons (Fsp3) is 0.467. The fourth-order valence-corrected chi connectivity index (χ4v) is 3.14. The highest BCUT2D eigenvalue weighted by atomic mass is 19.3. The Labute approximate surface area is 145 Å². The minimum atomic E-state index is -3.83. The predicted octanol–water partition coefficient (Wildman–Crippen LogP) is 2.09. The van der Waals surface area contributed by atoms with Gasteiger partial charge in [-0.05, 0) is 18.4 Å². The van der Waals surface area contributed by atoms with Gasteiger partial charge < -0.3 is 15.6 Å². The van der Waals surface area contributed by atoms with Crippen LogP contribution in [0, 0.1) is 0 Å². The molecule has 0 saturated carbocycles. The quantitative estimate of drug-likeness (QED) is 0.423. The smallest absolute Gasteiger partial charge is 0.346 e. The molecule has 11 heteroatoms. The Morgan fingerprint density at radius 2 is 2.35 bits per heavy atom. The summed E-state index contributed by atoms with van der Waals surface area (Å²) in [6, 6.07) is 0. The average Bonchev–Trinajstić information content (AvgIpc) is 2.78. The van der Waals surface area contributed by atoms with Crippen molar-refractivity contribution < 1.29 is 18.6 Å². The highest BCUT2D eigenvalue weighted by molar-refractivity contribution is 5.41. The number of anilines is 1. The zero-order valence-electron chi connectivity index (χ0n) is 13.5. The second-order valence-corrected chi connectivity index (χ2v) is 6.14. The number of aromatic amines is 1. The largest absolute Gasteiger partial charge is 0.385 e. The van der Waals surface area contributed by atoms with E-state index < -0.39 is 29.5 Å². The second-order valence-electron chi connectivity index (χ2n) is 6.14. The molecule has 1 aliphatic heterocycles. The standard InChI is InChI=1S/C15H16F2N6O3/c16-15(17)10(9-7-20-13(25)21-11(9)18)26-14(12(15)24,22-23-19)6-8-4-2-1-3-5-8/h1-2,4,7,10,12,24H,3,5-6H2,(H3,18,20,21,25)/t10-,12-,14-/m1/s1. The predicted molar refractivity (Wildman–Crippen MR) is 87.0 cm³/mol. The van der Waals surface area contributed by atoms with E-state index >= 15 is 0 Å².